The molecule has 1 N–H and O–H groups in total. The van der Waals surface area contributed by atoms with E-state index in [-0.39, 0.29) is 0 Å². The van der Waals surface area contributed by atoms with Crippen LogP contribution in [0.1, 0.15) is 24.8 Å². The first-order chi connectivity index (χ1) is 8.38. The molecule has 2 rings (SSSR count). The van der Waals surface area contributed by atoms with Crippen molar-refractivity contribution >= 4 is 0 Å². The largest absolute Gasteiger partial charge is 0.491 e. The average molecular weight is 235 g/mol. The highest BCUT2D eigenvalue weighted by molar-refractivity contribution is 5.27. The molecule has 17 heavy (non-hydrogen) atoms. The van der Waals surface area contributed by atoms with Crippen molar-refractivity contribution < 1.29 is 9.47 Å². The van der Waals surface area contributed by atoms with Crippen LogP contribution in [0.2, 0.25) is 0 Å². The average Bonchev–Trinajstić information content (AvgIpc) is 2.29. The van der Waals surface area contributed by atoms with Gasteiger partial charge in [-0.2, -0.15) is 0 Å². The smallest absolute Gasteiger partial charge is 0.119 e. The maximum absolute atomic E-state index is 5.63. The van der Waals surface area contributed by atoms with Gasteiger partial charge < -0.3 is 14.8 Å². The quantitative estimate of drug-likeness (QED) is 0.736. The predicted molar refractivity (Wildman–Crippen MR) is 68.3 cm³/mol. The molecule has 0 aromatic heterocycles. The first-order valence-corrected chi connectivity index (χ1v) is 6.36. The molecule has 0 spiro atoms. The Kier molecular flexibility index (Phi) is 4.83. The molecule has 1 aromatic rings. The zero-order valence-corrected chi connectivity index (χ0v) is 10.4. The van der Waals surface area contributed by atoms with Crippen LogP contribution in [0.4, 0.5) is 0 Å². The first-order valence-electron chi connectivity index (χ1n) is 6.36. The van der Waals surface area contributed by atoms with Crippen LogP contribution in [0.5, 0.6) is 5.75 Å². The van der Waals surface area contributed by atoms with E-state index in [4.69, 9.17) is 9.47 Å². The molecule has 1 aromatic carbocycles. The number of benzene rings is 1. The minimum atomic E-state index is 0.497. The molecule has 0 bridgehead atoms. The zero-order valence-electron chi connectivity index (χ0n) is 10.4. The van der Waals surface area contributed by atoms with Gasteiger partial charge in [-0.15, -0.1) is 0 Å². The van der Waals surface area contributed by atoms with Crippen molar-refractivity contribution in [3.8, 4) is 5.75 Å². The monoisotopic (exact) mass is 235 g/mol. The van der Waals surface area contributed by atoms with Gasteiger partial charge in [0.1, 0.15) is 12.4 Å². The Morgan fingerprint density at radius 1 is 1.18 bits per heavy atom. The second-order valence-corrected chi connectivity index (χ2v) is 4.45. The molecule has 0 unspecified atom stereocenters. The van der Waals surface area contributed by atoms with E-state index in [1.807, 2.05) is 19.2 Å². The highest BCUT2D eigenvalue weighted by atomic mass is 16.5. The molecule has 0 saturated heterocycles. The van der Waals surface area contributed by atoms with Crippen LogP contribution in [-0.2, 0) is 11.3 Å². The molecule has 1 saturated carbocycles. The summed E-state index contributed by atoms with van der Waals surface area (Å²) in [4.78, 5) is 0. The van der Waals surface area contributed by atoms with E-state index in [9.17, 15) is 0 Å². The van der Waals surface area contributed by atoms with Crippen LogP contribution in [0.3, 0.4) is 0 Å². The van der Waals surface area contributed by atoms with Crippen molar-refractivity contribution in [3.05, 3.63) is 29.8 Å². The van der Waals surface area contributed by atoms with E-state index >= 15 is 0 Å². The molecule has 1 fully saturated rings. The number of nitrogens with one attached hydrogen (secondary N) is 1. The summed E-state index contributed by atoms with van der Waals surface area (Å²) in [5.41, 5.74) is 1.27. The molecule has 1 aliphatic rings. The van der Waals surface area contributed by atoms with Crippen LogP contribution in [0.15, 0.2) is 24.3 Å². The minimum Gasteiger partial charge on any atom is -0.491 e. The van der Waals surface area contributed by atoms with Crippen LogP contribution >= 0.6 is 0 Å². The van der Waals surface area contributed by atoms with Gasteiger partial charge in [-0.05, 0) is 44.0 Å². The lowest BCUT2D eigenvalue weighted by Crippen LogP contribution is -2.23. The lowest BCUT2D eigenvalue weighted by atomic mass is 9.96. The van der Waals surface area contributed by atoms with Crippen LogP contribution in [-0.4, -0.2) is 26.4 Å². The molecule has 0 heterocycles. The Labute approximate surface area is 103 Å². The van der Waals surface area contributed by atoms with Gasteiger partial charge in [-0.25, -0.2) is 0 Å². The lowest BCUT2D eigenvalue weighted by molar-refractivity contribution is -0.0103. The Balaban J connectivity index is 1.63. The molecular formula is C14H21NO2. The lowest BCUT2D eigenvalue weighted by Gasteiger charge is -2.25. The summed E-state index contributed by atoms with van der Waals surface area (Å²) in [7, 11) is 1.95. The molecular weight excluding hydrogens is 214 g/mol. The summed E-state index contributed by atoms with van der Waals surface area (Å²) in [5.74, 6) is 0.919. The second-order valence-electron chi connectivity index (χ2n) is 4.45. The molecule has 0 radical (unpaired) electrons. The van der Waals surface area contributed by atoms with E-state index in [2.05, 4.69) is 17.4 Å². The third-order valence-corrected chi connectivity index (χ3v) is 3.06. The molecule has 0 atom stereocenters. The molecule has 94 valence electrons. The standard InChI is InChI=1S/C14H21NO2/c1-15-11-12-5-7-14(8-6-12)17-10-9-16-13-3-2-4-13/h5-8,13,15H,2-4,9-11H2,1H3. The normalized spacial score (nSPS) is 15.6. The number of hydrogen-bond donors (Lipinski definition) is 1. The SMILES string of the molecule is CNCc1ccc(OCCOC2CCC2)cc1. The van der Waals surface area contributed by atoms with E-state index < -0.39 is 0 Å². The molecule has 3 nitrogen and oxygen atoms in total. The van der Waals surface area contributed by atoms with Gasteiger partial charge in [-0.1, -0.05) is 12.1 Å². The van der Waals surface area contributed by atoms with Gasteiger partial charge in [0.25, 0.3) is 0 Å². The van der Waals surface area contributed by atoms with Crippen molar-refractivity contribution in [2.75, 3.05) is 20.3 Å². The van der Waals surface area contributed by atoms with E-state index in [0.29, 0.717) is 19.3 Å². The summed E-state index contributed by atoms with van der Waals surface area (Å²) < 4.78 is 11.2. The summed E-state index contributed by atoms with van der Waals surface area (Å²) >= 11 is 0. The summed E-state index contributed by atoms with van der Waals surface area (Å²) in [6, 6.07) is 8.18. The van der Waals surface area contributed by atoms with Gasteiger partial charge in [0.05, 0.1) is 12.7 Å². The van der Waals surface area contributed by atoms with Gasteiger partial charge in [0.2, 0.25) is 0 Å². The van der Waals surface area contributed by atoms with Crippen molar-refractivity contribution in [1.82, 2.24) is 5.32 Å². The van der Waals surface area contributed by atoms with Gasteiger partial charge in [0.15, 0.2) is 0 Å². The van der Waals surface area contributed by atoms with E-state index in [1.165, 1.54) is 24.8 Å². The Morgan fingerprint density at radius 3 is 2.53 bits per heavy atom. The first kappa shape index (κ1) is 12.4. The van der Waals surface area contributed by atoms with Crippen LogP contribution in [0.25, 0.3) is 0 Å². The second kappa shape index (κ2) is 6.62. The fourth-order valence-corrected chi connectivity index (χ4v) is 1.82. The predicted octanol–water partition coefficient (Wildman–Crippen LogP) is 2.35. The van der Waals surface area contributed by atoms with Crippen molar-refractivity contribution in [2.24, 2.45) is 0 Å². The number of hydrogen-bond acceptors (Lipinski definition) is 3. The third kappa shape index (κ3) is 4.02. The van der Waals surface area contributed by atoms with Crippen molar-refractivity contribution in [1.29, 1.82) is 0 Å². The van der Waals surface area contributed by atoms with Gasteiger partial charge in [0, 0.05) is 6.54 Å². The summed E-state index contributed by atoms with van der Waals surface area (Å²) in [6.45, 7) is 2.23. The Morgan fingerprint density at radius 2 is 1.94 bits per heavy atom. The van der Waals surface area contributed by atoms with Crippen molar-refractivity contribution in [2.45, 2.75) is 31.9 Å². The Bertz CT molecular complexity index is 319. The fourth-order valence-electron chi connectivity index (χ4n) is 1.82. The maximum Gasteiger partial charge on any atom is 0.119 e. The maximum atomic E-state index is 5.63. The van der Waals surface area contributed by atoms with Crippen molar-refractivity contribution in [3.63, 3.8) is 0 Å². The number of ether oxygens (including phenoxy) is 2. The third-order valence-electron chi connectivity index (χ3n) is 3.06. The molecule has 0 amide bonds. The molecule has 1 aliphatic carbocycles. The topological polar surface area (TPSA) is 30.5 Å². The van der Waals surface area contributed by atoms with Crippen LogP contribution < -0.4 is 10.1 Å². The fraction of sp³-hybridized carbons (Fsp3) is 0.571. The molecule has 3 heteroatoms. The van der Waals surface area contributed by atoms with Gasteiger partial charge in [-0.3, -0.25) is 0 Å². The highest BCUT2D eigenvalue weighted by Crippen LogP contribution is 2.21. The summed E-state index contributed by atoms with van der Waals surface area (Å²) in [6.07, 6.45) is 4.26. The van der Waals surface area contributed by atoms with E-state index in [1.54, 1.807) is 0 Å². The van der Waals surface area contributed by atoms with E-state index in [0.717, 1.165) is 12.3 Å². The van der Waals surface area contributed by atoms with Gasteiger partial charge >= 0.3 is 0 Å². The van der Waals surface area contributed by atoms with Crippen LogP contribution in [0, 0.1) is 0 Å². The summed E-state index contributed by atoms with van der Waals surface area (Å²) in [5, 5.41) is 3.12. The minimum absolute atomic E-state index is 0.497. The number of rotatable bonds is 7. The zero-order chi connectivity index (χ0) is 11.9. The highest BCUT2D eigenvalue weighted by Gasteiger charge is 2.17. The Hall–Kier alpha value is -1.06. The molecule has 0 aliphatic heterocycles.